The molecule has 0 aromatic carbocycles. The van der Waals surface area contributed by atoms with Gasteiger partial charge in [-0.1, -0.05) is 20.3 Å². The molecule has 0 amide bonds. The predicted octanol–water partition coefficient (Wildman–Crippen LogP) is 1.86. The maximum absolute atomic E-state index is 10.8. The molecule has 1 aliphatic carbocycles. The van der Waals surface area contributed by atoms with Crippen molar-refractivity contribution in [2.24, 2.45) is 23.0 Å². The Hall–Kier alpha value is -0.570. The van der Waals surface area contributed by atoms with Gasteiger partial charge in [-0.2, -0.15) is 0 Å². The third-order valence-corrected chi connectivity index (χ3v) is 3.74. The summed E-state index contributed by atoms with van der Waals surface area (Å²) in [5.41, 5.74) is 5.61. The summed E-state index contributed by atoms with van der Waals surface area (Å²) in [6.45, 7) is 4.90. The van der Waals surface area contributed by atoms with Gasteiger partial charge in [0, 0.05) is 0 Å². The molecule has 3 heteroatoms. The number of carboxylic acids is 1. The van der Waals surface area contributed by atoms with Gasteiger partial charge in [0.2, 0.25) is 0 Å². The smallest absolute Gasteiger partial charge is 0.303 e. The van der Waals surface area contributed by atoms with E-state index < -0.39 is 5.97 Å². The average molecular weight is 199 g/mol. The van der Waals surface area contributed by atoms with Crippen molar-refractivity contribution in [1.29, 1.82) is 0 Å². The normalized spacial score (nSPS) is 37.4. The third kappa shape index (κ3) is 2.27. The van der Waals surface area contributed by atoms with Crippen molar-refractivity contribution in [3.05, 3.63) is 0 Å². The van der Waals surface area contributed by atoms with E-state index in [1.807, 2.05) is 0 Å². The van der Waals surface area contributed by atoms with E-state index >= 15 is 0 Å². The molecule has 0 aromatic rings. The average Bonchev–Trinajstić information content (AvgIpc) is 2.42. The number of carboxylic acid groups (broad SMARTS) is 1. The Bertz CT molecular complexity index is 217. The Balaban J connectivity index is 2.68. The molecule has 0 spiro atoms. The molecule has 82 valence electrons. The molecule has 1 saturated carbocycles. The van der Waals surface area contributed by atoms with Crippen LogP contribution in [-0.4, -0.2) is 17.6 Å². The van der Waals surface area contributed by atoms with Crippen LogP contribution in [0, 0.1) is 17.3 Å². The van der Waals surface area contributed by atoms with E-state index in [2.05, 4.69) is 13.8 Å². The maximum Gasteiger partial charge on any atom is 0.303 e. The number of carbonyl (C=O) groups is 1. The molecule has 0 radical (unpaired) electrons. The molecule has 3 atom stereocenters. The topological polar surface area (TPSA) is 63.3 Å². The quantitative estimate of drug-likeness (QED) is 0.726. The highest BCUT2D eigenvalue weighted by molar-refractivity contribution is 5.67. The molecule has 3 nitrogen and oxygen atoms in total. The number of rotatable bonds is 4. The zero-order valence-corrected chi connectivity index (χ0v) is 9.12. The van der Waals surface area contributed by atoms with Gasteiger partial charge in [-0.15, -0.1) is 0 Å². The van der Waals surface area contributed by atoms with Crippen molar-refractivity contribution in [1.82, 2.24) is 0 Å². The van der Waals surface area contributed by atoms with Crippen LogP contribution in [-0.2, 0) is 4.79 Å². The van der Waals surface area contributed by atoms with Gasteiger partial charge in [0.05, 0.1) is 6.42 Å². The van der Waals surface area contributed by atoms with Crippen molar-refractivity contribution in [3.8, 4) is 0 Å². The zero-order valence-electron chi connectivity index (χ0n) is 9.12. The monoisotopic (exact) mass is 199 g/mol. The second-order valence-electron chi connectivity index (χ2n) is 4.83. The van der Waals surface area contributed by atoms with Crippen LogP contribution in [0.3, 0.4) is 0 Å². The van der Waals surface area contributed by atoms with Gasteiger partial charge in [0.15, 0.2) is 0 Å². The minimum absolute atomic E-state index is 0.119. The predicted molar refractivity (Wildman–Crippen MR) is 55.9 cm³/mol. The summed E-state index contributed by atoms with van der Waals surface area (Å²) < 4.78 is 0. The van der Waals surface area contributed by atoms with Crippen LogP contribution in [0.5, 0.6) is 0 Å². The van der Waals surface area contributed by atoms with Gasteiger partial charge >= 0.3 is 5.97 Å². The Morgan fingerprint density at radius 2 is 2.21 bits per heavy atom. The standard InChI is InChI=1S/C11H21NO2/c1-3-9-5-11(7-12,4-8(9)2)6-10(13)14/h8-9H,3-7,12H2,1-2H3,(H,13,14)/t8-,9-,11+/m1/s1. The van der Waals surface area contributed by atoms with Gasteiger partial charge in [-0.3, -0.25) is 4.79 Å². The highest BCUT2D eigenvalue weighted by Crippen LogP contribution is 2.48. The SMILES string of the molecule is CC[C@@H]1C[C@](CN)(CC(=O)O)C[C@H]1C. The van der Waals surface area contributed by atoms with Crippen LogP contribution in [0.1, 0.15) is 39.5 Å². The van der Waals surface area contributed by atoms with Gasteiger partial charge in [-0.25, -0.2) is 0 Å². The lowest BCUT2D eigenvalue weighted by Gasteiger charge is -2.25. The first kappa shape index (κ1) is 11.5. The molecule has 14 heavy (non-hydrogen) atoms. The number of aliphatic carboxylic acids is 1. The molecule has 0 bridgehead atoms. The van der Waals surface area contributed by atoms with E-state index in [1.165, 1.54) is 0 Å². The second-order valence-corrected chi connectivity index (χ2v) is 4.83. The van der Waals surface area contributed by atoms with Crippen LogP contribution in [0.15, 0.2) is 0 Å². The van der Waals surface area contributed by atoms with Crippen LogP contribution >= 0.6 is 0 Å². The van der Waals surface area contributed by atoms with Crippen molar-refractivity contribution >= 4 is 5.97 Å². The summed E-state index contributed by atoms with van der Waals surface area (Å²) in [6, 6.07) is 0. The summed E-state index contributed by atoms with van der Waals surface area (Å²) in [5.74, 6) is 0.584. The Morgan fingerprint density at radius 3 is 2.57 bits per heavy atom. The molecule has 1 fully saturated rings. The zero-order chi connectivity index (χ0) is 10.8. The highest BCUT2D eigenvalue weighted by atomic mass is 16.4. The van der Waals surface area contributed by atoms with Gasteiger partial charge < -0.3 is 10.8 Å². The summed E-state index contributed by atoms with van der Waals surface area (Å²) in [7, 11) is 0. The molecule has 0 unspecified atom stereocenters. The Kier molecular flexibility index (Phi) is 3.53. The van der Waals surface area contributed by atoms with Gasteiger partial charge in [0.25, 0.3) is 0 Å². The van der Waals surface area contributed by atoms with E-state index in [0.717, 1.165) is 19.3 Å². The number of hydrogen-bond acceptors (Lipinski definition) is 2. The van der Waals surface area contributed by atoms with Crippen molar-refractivity contribution in [2.45, 2.75) is 39.5 Å². The summed E-state index contributed by atoms with van der Waals surface area (Å²) in [6.07, 6.45) is 3.36. The fourth-order valence-electron chi connectivity index (χ4n) is 2.94. The van der Waals surface area contributed by atoms with E-state index in [4.69, 9.17) is 10.8 Å². The van der Waals surface area contributed by atoms with Crippen LogP contribution in [0.4, 0.5) is 0 Å². The van der Waals surface area contributed by atoms with Crippen LogP contribution in [0.25, 0.3) is 0 Å². The lowest BCUT2D eigenvalue weighted by molar-refractivity contribution is -0.139. The largest absolute Gasteiger partial charge is 0.481 e. The molecule has 3 N–H and O–H groups in total. The first-order chi connectivity index (χ1) is 6.53. The lowest BCUT2D eigenvalue weighted by Crippen LogP contribution is -2.30. The van der Waals surface area contributed by atoms with Crippen molar-refractivity contribution in [3.63, 3.8) is 0 Å². The van der Waals surface area contributed by atoms with Crippen molar-refractivity contribution < 1.29 is 9.90 Å². The minimum Gasteiger partial charge on any atom is -0.481 e. The summed E-state index contributed by atoms with van der Waals surface area (Å²) in [5, 5.41) is 8.86. The summed E-state index contributed by atoms with van der Waals surface area (Å²) in [4.78, 5) is 10.8. The molecular formula is C11H21NO2. The van der Waals surface area contributed by atoms with Crippen molar-refractivity contribution in [2.75, 3.05) is 6.54 Å². The molecule has 0 saturated heterocycles. The Labute approximate surface area is 85.7 Å². The number of nitrogens with two attached hydrogens (primary N) is 1. The molecule has 0 heterocycles. The van der Waals surface area contributed by atoms with E-state index in [-0.39, 0.29) is 11.8 Å². The minimum atomic E-state index is -0.709. The first-order valence-corrected chi connectivity index (χ1v) is 5.45. The highest BCUT2D eigenvalue weighted by Gasteiger charge is 2.42. The molecule has 0 aromatic heterocycles. The van der Waals surface area contributed by atoms with Crippen LogP contribution < -0.4 is 5.73 Å². The summed E-state index contributed by atoms with van der Waals surface area (Å²) >= 11 is 0. The molecule has 1 aliphatic rings. The van der Waals surface area contributed by atoms with E-state index in [1.54, 1.807) is 0 Å². The third-order valence-electron chi connectivity index (χ3n) is 3.74. The fourth-order valence-corrected chi connectivity index (χ4v) is 2.94. The Morgan fingerprint density at radius 1 is 1.57 bits per heavy atom. The first-order valence-electron chi connectivity index (χ1n) is 5.45. The van der Waals surface area contributed by atoms with Crippen LogP contribution in [0.2, 0.25) is 0 Å². The number of hydrogen-bond donors (Lipinski definition) is 2. The van der Waals surface area contributed by atoms with E-state index in [9.17, 15) is 4.79 Å². The van der Waals surface area contributed by atoms with Gasteiger partial charge in [-0.05, 0) is 36.6 Å². The second kappa shape index (κ2) is 4.30. The lowest BCUT2D eigenvalue weighted by atomic mass is 9.81. The van der Waals surface area contributed by atoms with Gasteiger partial charge in [0.1, 0.15) is 0 Å². The molecular weight excluding hydrogens is 178 g/mol. The molecule has 0 aliphatic heterocycles. The maximum atomic E-state index is 10.8. The fraction of sp³-hybridized carbons (Fsp3) is 0.909. The molecule has 1 rings (SSSR count). The van der Waals surface area contributed by atoms with E-state index in [0.29, 0.717) is 18.4 Å².